The van der Waals surface area contributed by atoms with E-state index in [1.165, 1.54) is 0 Å². The number of carbonyl (C=O) groups is 1. The second-order valence-corrected chi connectivity index (χ2v) is 5.80. The van der Waals surface area contributed by atoms with Gasteiger partial charge in [-0.3, -0.25) is 4.79 Å². The second kappa shape index (κ2) is 10.4. The zero-order chi connectivity index (χ0) is 16.7. The number of halogens is 1. The fraction of sp³-hybridized carbons (Fsp3) is 0.611. The average molecular weight is 357 g/mol. The van der Waals surface area contributed by atoms with Crippen molar-refractivity contribution in [3.8, 4) is 11.5 Å². The van der Waals surface area contributed by atoms with Gasteiger partial charge < -0.3 is 19.7 Å². The first-order chi connectivity index (χ1) is 11.2. The van der Waals surface area contributed by atoms with Gasteiger partial charge >= 0.3 is 0 Å². The zero-order valence-corrected chi connectivity index (χ0v) is 15.7. The topological polar surface area (TPSA) is 50.8 Å². The van der Waals surface area contributed by atoms with Gasteiger partial charge in [0.05, 0.1) is 13.2 Å². The molecule has 136 valence electrons. The van der Waals surface area contributed by atoms with E-state index in [-0.39, 0.29) is 18.3 Å². The van der Waals surface area contributed by atoms with Gasteiger partial charge in [-0.15, -0.1) is 12.4 Å². The van der Waals surface area contributed by atoms with Gasteiger partial charge in [-0.2, -0.15) is 0 Å². The van der Waals surface area contributed by atoms with Crippen LogP contribution in [0.1, 0.15) is 43.5 Å². The molecule has 6 heteroatoms. The van der Waals surface area contributed by atoms with Gasteiger partial charge in [-0.05, 0) is 51.4 Å². The van der Waals surface area contributed by atoms with Crippen molar-refractivity contribution in [3.05, 3.63) is 23.8 Å². The predicted octanol–water partition coefficient (Wildman–Crippen LogP) is 3.12. The van der Waals surface area contributed by atoms with Gasteiger partial charge in [0.15, 0.2) is 11.5 Å². The fourth-order valence-electron chi connectivity index (χ4n) is 2.79. The minimum Gasteiger partial charge on any atom is -0.490 e. The molecular formula is C18H29ClN2O3. The lowest BCUT2D eigenvalue weighted by Crippen LogP contribution is -2.43. The highest BCUT2D eigenvalue weighted by Gasteiger charge is 2.23. The standard InChI is InChI=1S/C18H28N2O3.ClH/c1-4-12-23-16-7-6-14(13-17(16)22-5-2)18(21)20-10-8-15(19-3)9-11-20;/h6-7,13,15,19H,4-5,8-12H2,1-3H3;1H. The molecule has 1 N–H and O–H groups in total. The van der Waals surface area contributed by atoms with Crippen molar-refractivity contribution in [1.82, 2.24) is 10.2 Å². The Bertz CT molecular complexity index is 517. The molecule has 2 rings (SSSR count). The highest BCUT2D eigenvalue weighted by Crippen LogP contribution is 2.29. The molecule has 0 spiro atoms. The monoisotopic (exact) mass is 356 g/mol. The summed E-state index contributed by atoms with van der Waals surface area (Å²) in [6.45, 7) is 6.77. The number of nitrogens with one attached hydrogen (secondary N) is 1. The quantitative estimate of drug-likeness (QED) is 0.815. The molecule has 1 aromatic rings. The highest BCUT2D eigenvalue weighted by molar-refractivity contribution is 5.95. The summed E-state index contributed by atoms with van der Waals surface area (Å²) >= 11 is 0. The molecule has 0 saturated carbocycles. The molecule has 1 aliphatic rings. The predicted molar refractivity (Wildman–Crippen MR) is 98.6 cm³/mol. The maximum Gasteiger partial charge on any atom is 0.253 e. The molecule has 0 bridgehead atoms. The van der Waals surface area contributed by atoms with E-state index in [4.69, 9.17) is 9.47 Å². The van der Waals surface area contributed by atoms with Crippen LogP contribution < -0.4 is 14.8 Å². The van der Waals surface area contributed by atoms with Crippen molar-refractivity contribution < 1.29 is 14.3 Å². The first-order valence-corrected chi connectivity index (χ1v) is 8.55. The Hall–Kier alpha value is -1.46. The minimum absolute atomic E-state index is 0. The van der Waals surface area contributed by atoms with Gasteiger partial charge in [0, 0.05) is 24.7 Å². The zero-order valence-electron chi connectivity index (χ0n) is 14.8. The molecule has 1 aromatic carbocycles. The van der Waals surface area contributed by atoms with E-state index in [9.17, 15) is 4.79 Å². The average Bonchev–Trinajstić information content (AvgIpc) is 2.60. The van der Waals surface area contributed by atoms with Crippen molar-refractivity contribution in [1.29, 1.82) is 0 Å². The van der Waals surface area contributed by atoms with Crippen LogP contribution in [0.15, 0.2) is 18.2 Å². The smallest absolute Gasteiger partial charge is 0.253 e. The van der Waals surface area contributed by atoms with Crippen LogP contribution in [0.4, 0.5) is 0 Å². The number of benzene rings is 1. The summed E-state index contributed by atoms with van der Waals surface area (Å²) in [7, 11) is 1.98. The van der Waals surface area contributed by atoms with Gasteiger partial charge in [-0.1, -0.05) is 6.92 Å². The van der Waals surface area contributed by atoms with Crippen LogP contribution in [0, 0.1) is 0 Å². The molecule has 0 unspecified atom stereocenters. The van der Waals surface area contributed by atoms with Crippen LogP contribution in [0.25, 0.3) is 0 Å². The van der Waals surface area contributed by atoms with Crippen molar-refractivity contribution in [3.63, 3.8) is 0 Å². The van der Waals surface area contributed by atoms with Gasteiger partial charge in [0.25, 0.3) is 5.91 Å². The molecule has 0 aromatic heterocycles. The lowest BCUT2D eigenvalue weighted by atomic mass is 10.0. The van der Waals surface area contributed by atoms with Crippen LogP contribution in [-0.4, -0.2) is 50.2 Å². The molecule has 0 aliphatic carbocycles. The van der Waals surface area contributed by atoms with Crippen molar-refractivity contribution in [2.75, 3.05) is 33.4 Å². The van der Waals surface area contributed by atoms with Gasteiger partial charge in [-0.25, -0.2) is 0 Å². The summed E-state index contributed by atoms with van der Waals surface area (Å²) in [5.74, 6) is 1.43. The number of piperidine rings is 1. The largest absolute Gasteiger partial charge is 0.490 e. The van der Waals surface area contributed by atoms with Gasteiger partial charge in [0.1, 0.15) is 0 Å². The summed E-state index contributed by atoms with van der Waals surface area (Å²) in [4.78, 5) is 14.6. The molecule has 1 fully saturated rings. The van der Waals surface area contributed by atoms with E-state index in [0.717, 1.165) is 32.4 Å². The van der Waals surface area contributed by atoms with E-state index < -0.39 is 0 Å². The number of hydrogen-bond acceptors (Lipinski definition) is 4. The molecule has 0 atom stereocenters. The second-order valence-electron chi connectivity index (χ2n) is 5.80. The lowest BCUT2D eigenvalue weighted by molar-refractivity contribution is 0.0707. The number of amides is 1. The summed E-state index contributed by atoms with van der Waals surface area (Å²) in [6.07, 6.45) is 2.93. The molecule has 24 heavy (non-hydrogen) atoms. The van der Waals surface area contributed by atoms with Gasteiger partial charge in [0.2, 0.25) is 0 Å². The lowest BCUT2D eigenvalue weighted by Gasteiger charge is -2.32. The molecule has 1 amide bonds. The third-order valence-electron chi connectivity index (χ3n) is 4.14. The third-order valence-corrected chi connectivity index (χ3v) is 4.14. The van der Waals surface area contributed by atoms with E-state index >= 15 is 0 Å². The number of carbonyl (C=O) groups excluding carboxylic acids is 1. The SMILES string of the molecule is CCCOc1ccc(C(=O)N2CCC(NC)CC2)cc1OCC.Cl. The number of likely N-dealkylation sites (tertiary alicyclic amines) is 1. The molecular weight excluding hydrogens is 328 g/mol. The summed E-state index contributed by atoms with van der Waals surface area (Å²) < 4.78 is 11.3. The first-order valence-electron chi connectivity index (χ1n) is 8.55. The Morgan fingerprint density at radius 2 is 1.92 bits per heavy atom. The Morgan fingerprint density at radius 1 is 1.21 bits per heavy atom. The summed E-state index contributed by atoms with van der Waals surface area (Å²) in [5, 5.41) is 3.28. The first kappa shape index (κ1) is 20.6. The van der Waals surface area contributed by atoms with Crippen LogP contribution in [0.5, 0.6) is 11.5 Å². The van der Waals surface area contributed by atoms with Crippen LogP contribution in [0.2, 0.25) is 0 Å². The Labute approximate surface area is 151 Å². The Morgan fingerprint density at radius 3 is 2.50 bits per heavy atom. The van der Waals surface area contributed by atoms with Crippen molar-refractivity contribution >= 4 is 18.3 Å². The summed E-state index contributed by atoms with van der Waals surface area (Å²) in [6, 6.07) is 6.00. The normalized spacial score (nSPS) is 14.9. The molecule has 1 heterocycles. The maximum absolute atomic E-state index is 12.7. The number of ether oxygens (including phenoxy) is 2. The van der Waals surface area contributed by atoms with Crippen molar-refractivity contribution in [2.45, 2.75) is 39.2 Å². The number of hydrogen-bond donors (Lipinski definition) is 1. The van der Waals surface area contributed by atoms with Crippen LogP contribution >= 0.6 is 12.4 Å². The Balaban J connectivity index is 0.00000288. The Kier molecular flexibility index (Phi) is 8.93. The van der Waals surface area contributed by atoms with E-state index in [0.29, 0.717) is 36.3 Å². The number of rotatable bonds is 7. The minimum atomic E-state index is 0. The molecule has 0 radical (unpaired) electrons. The molecule has 1 aliphatic heterocycles. The number of nitrogens with zero attached hydrogens (tertiary/aromatic N) is 1. The van der Waals surface area contributed by atoms with E-state index in [1.807, 2.05) is 31.0 Å². The van der Waals surface area contributed by atoms with E-state index in [1.54, 1.807) is 6.07 Å². The fourth-order valence-corrected chi connectivity index (χ4v) is 2.79. The molecule has 1 saturated heterocycles. The van der Waals surface area contributed by atoms with E-state index in [2.05, 4.69) is 12.2 Å². The van der Waals surface area contributed by atoms with Crippen LogP contribution in [0.3, 0.4) is 0 Å². The van der Waals surface area contributed by atoms with Crippen LogP contribution in [-0.2, 0) is 0 Å². The highest BCUT2D eigenvalue weighted by atomic mass is 35.5. The third kappa shape index (κ3) is 5.28. The maximum atomic E-state index is 12.7. The van der Waals surface area contributed by atoms with Crippen molar-refractivity contribution in [2.24, 2.45) is 0 Å². The summed E-state index contributed by atoms with van der Waals surface area (Å²) in [5.41, 5.74) is 0.667. The molecule has 5 nitrogen and oxygen atoms in total.